The Morgan fingerprint density at radius 3 is 3.00 bits per heavy atom. The van der Waals surface area contributed by atoms with Crippen molar-refractivity contribution >= 4 is 5.91 Å². The minimum Gasteiger partial charge on any atom is -0.380 e. The lowest BCUT2D eigenvalue weighted by Gasteiger charge is -2.35. The third kappa shape index (κ3) is 3.80. The van der Waals surface area contributed by atoms with Crippen LogP contribution in [0.3, 0.4) is 0 Å². The number of rotatable bonds is 5. The molecule has 0 aliphatic carbocycles. The van der Waals surface area contributed by atoms with E-state index in [0.29, 0.717) is 19.2 Å². The second kappa shape index (κ2) is 6.80. The molecule has 4 nitrogen and oxygen atoms in total. The van der Waals surface area contributed by atoms with Crippen molar-refractivity contribution in [3.63, 3.8) is 0 Å². The molecular weight excluding hydrogens is 192 g/mol. The summed E-state index contributed by atoms with van der Waals surface area (Å²) in [6.07, 6.45) is 3.41. The van der Waals surface area contributed by atoms with Crippen molar-refractivity contribution in [2.75, 3.05) is 33.4 Å². The molecule has 1 N–H and O–H groups in total. The van der Waals surface area contributed by atoms with E-state index in [1.54, 1.807) is 7.05 Å². The lowest BCUT2D eigenvalue weighted by molar-refractivity contribution is -0.135. The second-order valence-corrected chi connectivity index (χ2v) is 3.93. The van der Waals surface area contributed by atoms with Crippen LogP contribution in [0.1, 0.15) is 26.2 Å². The van der Waals surface area contributed by atoms with E-state index in [4.69, 9.17) is 4.74 Å². The van der Waals surface area contributed by atoms with Gasteiger partial charge in [0.15, 0.2) is 0 Å². The Labute approximate surface area is 92.0 Å². The number of likely N-dealkylation sites (N-methyl/N-ethyl adjacent to an activating group) is 1. The van der Waals surface area contributed by atoms with E-state index in [0.717, 1.165) is 26.0 Å². The molecule has 4 heteroatoms. The maximum atomic E-state index is 11.8. The van der Waals surface area contributed by atoms with Crippen LogP contribution >= 0.6 is 0 Å². The molecule has 0 aromatic rings. The van der Waals surface area contributed by atoms with E-state index >= 15 is 0 Å². The summed E-state index contributed by atoms with van der Waals surface area (Å²) in [6.45, 7) is 4.72. The zero-order chi connectivity index (χ0) is 11.1. The number of amides is 1. The van der Waals surface area contributed by atoms with Crippen molar-refractivity contribution in [2.24, 2.45) is 0 Å². The molecule has 0 radical (unpaired) electrons. The minimum atomic E-state index is 0.196. The van der Waals surface area contributed by atoms with E-state index in [9.17, 15) is 4.79 Å². The molecule has 1 aliphatic heterocycles. The van der Waals surface area contributed by atoms with Crippen LogP contribution in [0.5, 0.6) is 0 Å². The van der Waals surface area contributed by atoms with Crippen LogP contribution in [0.4, 0.5) is 0 Å². The fourth-order valence-electron chi connectivity index (χ4n) is 2.01. The average Bonchev–Trinajstić information content (AvgIpc) is 2.27. The van der Waals surface area contributed by atoms with Crippen molar-refractivity contribution in [3.8, 4) is 0 Å². The van der Waals surface area contributed by atoms with E-state index in [-0.39, 0.29) is 5.91 Å². The van der Waals surface area contributed by atoms with E-state index in [1.807, 2.05) is 11.8 Å². The monoisotopic (exact) mass is 214 g/mol. The highest BCUT2D eigenvalue weighted by Gasteiger charge is 2.25. The Morgan fingerprint density at radius 1 is 1.53 bits per heavy atom. The number of carbonyl (C=O) groups is 1. The first-order valence-electron chi connectivity index (χ1n) is 5.81. The molecule has 0 aromatic carbocycles. The number of hydrogen-bond donors (Lipinski definition) is 1. The summed E-state index contributed by atoms with van der Waals surface area (Å²) in [7, 11) is 1.80. The van der Waals surface area contributed by atoms with Gasteiger partial charge in [0.2, 0.25) is 5.91 Å². The second-order valence-electron chi connectivity index (χ2n) is 3.93. The summed E-state index contributed by atoms with van der Waals surface area (Å²) in [6, 6.07) is 0.291. The van der Waals surface area contributed by atoms with Gasteiger partial charge in [-0.25, -0.2) is 0 Å². The summed E-state index contributed by atoms with van der Waals surface area (Å²) in [5, 5.41) is 2.91. The highest BCUT2D eigenvalue weighted by Crippen LogP contribution is 2.17. The summed E-state index contributed by atoms with van der Waals surface area (Å²) in [5.74, 6) is 0.196. The number of nitrogens with one attached hydrogen (secondary N) is 1. The molecule has 0 bridgehead atoms. The predicted molar refractivity (Wildman–Crippen MR) is 59.8 cm³/mol. The topological polar surface area (TPSA) is 41.6 Å². The molecule has 0 aromatic heterocycles. The van der Waals surface area contributed by atoms with Gasteiger partial charge in [0.05, 0.1) is 19.2 Å². The molecule has 1 heterocycles. The smallest absolute Gasteiger partial charge is 0.236 e. The van der Waals surface area contributed by atoms with Crippen molar-refractivity contribution in [3.05, 3.63) is 0 Å². The fraction of sp³-hybridized carbons (Fsp3) is 0.909. The summed E-state index contributed by atoms with van der Waals surface area (Å²) in [5.41, 5.74) is 0. The quantitative estimate of drug-likeness (QED) is 0.729. The molecule has 0 spiro atoms. The van der Waals surface area contributed by atoms with Crippen molar-refractivity contribution in [2.45, 2.75) is 32.2 Å². The normalized spacial score (nSPS) is 21.7. The Bertz CT molecular complexity index is 197. The molecule has 88 valence electrons. The van der Waals surface area contributed by atoms with Crippen molar-refractivity contribution in [1.29, 1.82) is 0 Å². The Kier molecular flexibility index (Phi) is 5.65. The number of ether oxygens (including phenoxy) is 1. The van der Waals surface area contributed by atoms with Gasteiger partial charge in [0.1, 0.15) is 0 Å². The average molecular weight is 214 g/mol. The SMILES string of the molecule is CCOCC1CCCCN1C(=O)CNC. The number of likely N-dealkylation sites (tertiary alicyclic amines) is 1. The van der Waals surface area contributed by atoms with E-state index < -0.39 is 0 Å². The van der Waals surface area contributed by atoms with Crippen molar-refractivity contribution in [1.82, 2.24) is 10.2 Å². The lowest BCUT2D eigenvalue weighted by Crippen LogP contribution is -2.48. The number of carbonyl (C=O) groups excluding carboxylic acids is 1. The van der Waals surface area contributed by atoms with Crippen LogP contribution in [0.25, 0.3) is 0 Å². The molecule has 0 saturated carbocycles. The van der Waals surface area contributed by atoms with Gasteiger partial charge in [0.25, 0.3) is 0 Å². The van der Waals surface area contributed by atoms with E-state index in [1.165, 1.54) is 6.42 Å². The van der Waals surface area contributed by atoms with Gasteiger partial charge >= 0.3 is 0 Å². The molecular formula is C11H22N2O2. The van der Waals surface area contributed by atoms with Gasteiger partial charge in [-0.15, -0.1) is 0 Å². The standard InChI is InChI=1S/C11H22N2O2/c1-3-15-9-10-6-4-5-7-13(10)11(14)8-12-2/h10,12H,3-9H2,1-2H3. The van der Waals surface area contributed by atoms with Crippen LogP contribution in [-0.2, 0) is 9.53 Å². The Balaban J connectivity index is 2.45. The third-order valence-corrected chi connectivity index (χ3v) is 2.79. The summed E-state index contributed by atoms with van der Waals surface area (Å²) < 4.78 is 5.42. The summed E-state index contributed by atoms with van der Waals surface area (Å²) >= 11 is 0. The van der Waals surface area contributed by atoms with Crippen LogP contribution < -0.4 is 5.32 Å². The zero-order valence-corrected chi connectivity index (χ0v) is 9.79. The largest absolute Gasteiger partial charge is 0.380 e. The van der Waals surface area contributed by atoms with Gasteiger partial charge in [-0.05, 0) is 33.2 Å². The highest BCUT2D eigenvalue weighted by molar-refractivity contribution is 5.78. The maximum absolute atomic E-state index is 11.8. The minimum absolute atomic E-state index is 0.196. The van der Waals surface area contributed by atoms with Crippen molar-refractivity contribution < 1.29 is 9.53 Å². The number of piperidine rings is 1. The molecule has 1 fully saturated rings. The van der Waals surface area contributed by atoms with E-state index in [2.05, 4.69) is 5.32 Å². The molecule has 1 unspecified atom stereocenters. The number of nitrogens with zero attached hydrogens (tertiary/aromatic N) is 1. The first kappa shape index (κ1) is 12.5. The zero-order valence-electron chi connectivity index (χ0n) is 9.79. The van der Waals surface area contributed by atoms with Gasteiger partial charge < -0.3 is 15.0 Å². The van der Waals surface area contributed by atoms with Crippen LogP contribution in [0, 0.1) is 0 Å². The maximum Gasteiger partial charge on any atom is 0.236 e. The first-order valence-corrected chi connectivity index (χ1v) is 5.81. The van der Waals surface area contributed by atoms with Crippen LogP contribution in [0.15, 0.2) is 0 Å². The van der Waals surface area contributed by atoms with Crippen LogP contribution in [-0.4, -0.2) is 50.2 Å². The van der Waals surface area contributed by atoms with Gasteiger partial charge in [-0.3, -0.25) is 4.79 Å². The molecule has 1 aliphatic rings. The first-order chi connectivity index (χ1) is 7.29. The fourth-order valence-corrected chi connectivity index (χ4v) is 2.01. The van der Waals surface area contributed by atoms with Gasteiger partial charge in [-0.1, -0.05) is 0 Å². The Morgan fingerprint density at radius 2 is 2.33 bits per heavy atom. The number of hydrogen-bond acceptors (Lipinski definition) is 3. The predicted octanol–water partition coefficient (Wildman–Crippen LogP) is 0.623. The molecule has 15 heavy (non-hydrogen) atoms. The van der Waals surface area contributed by atoms with Crippen LogP contribution in [0.2, 0.25) is 0 Å². The summed E-state index contributed by atoms with van der Waals surface area (Å²) in [4.78, 5) is 13.7. The third-order valence-electron chi connectivity index (χ3n) is 2.79. The molecule has 1 saturated heterocycles. The lowest BCUT2D eigenvalue weighted by atomic mass is 10.0. The molecule has 1 atom stereocenters. The molecule has 1 amide bonds. The molecule has 1 rings (SSSR count). The highest BCUT2D eigenvalue weighted by atomic mass is 16.5. The Hall–Kier alpha value is -0.610. The van der Waals surface area contributed by atoms with Gasteiger partial charge in [-0.2, -0.15) is 0 Å². The van der Waals surface area contributed by atoms with Gasteiger partial charge in [0, 0.05) is 13.2 Å².